The van der Waals surface area contributed by atoms with Crippen molar-refractivity contribution in [3.8, 4) is 0 Å². The lowest BCUT2D eigenvalue weighted by Gasteiger charge is -2.25. The van der Waals surface area contributed by atoms with Crippen molar-refractivity contribution < 1.29 is 34.2 Å². The summed E-state index contributed by atoms with van der Waals surface area (Å²) in [7, 11) is 0. The largest absolute Gasteiger partial charge is 0.481 e. The molecule has 1 aromatic rings. The number of aliphatic carboxylic acids is 2. The Morgan fingerprint density at radius 2 is 1.44 bits per heavy atom. The van der Waals surface area contributed by atoms with Crippen molar-refractivity contribution >= 4 is 35.6 Å². The maximum atomic E-state index is 13.1. The second kappa shape index (κ2) is 16.6. The van der Waals surface area contributed by atoms with E-state index in [1.54, 1.807) is 0 Å². The standard InChI is InChI=1S/C25H39N7O7/c1-14(2)11-18(31-21(35)16(26)12-15-7-4-3-5-8-15)22(36)32-19(13-20(33)34)23(37)30-17(24(38)39)9-6-10-29-25(27)28/h3-5,7-8,14,16-19H,6,9-13,26H2,1-2H3,(H,30,37)(H,31,35)(H,32,36)(H,33,34)(H,38,39)(H4,27,28,29). The summed E-state index contributed by atoms with van der Waals surface area (Å²) in [5, 5.41) is 25.9. The van der Waals surface area contributed by atoms with Crippen molar-refractivity contribution in [2.24, 2.45) is 28.1 Å². The number of hydrogen-bond acceptors (Lipinski definition) is 7. The molecule has 0 aromatic heterocycles. The van der Waals surface area contributed by atoms with Crippen LogP contribution < -0.4 is 33.2 Å². The third-order valence-electron chi connectivity index (χ3n) is 5.55. The van der Waals surface area contributed by atoms with Gasteiger partial charge in [0, 0.05) is 6.54 Å². The van der Waals surface area contributed by atoms with Gasteiger partial charge >= 0.3 is 11.9 Å². The van der Waals surface area contributed by atoms with Gasteiger partial charge in [0.1, 0.15) is 18.1 Å². The zero-order valence-corrected chi connectivity index (χ0v) is 22.1. The number of carbonyl (C=O) groups is 5. The molecule has 0 saturated heterocycles. The highest BCUT2D eigenvalue weighted by Crippen LogP contribution is 2.09. The predicted octanol–water partition coefficient (Wildman–Crippen LogP) is -1.33. The van der Waals surface area contributed by atoms with E-state index in [-0.39, 0.29) is 44.1 Å². The van der Waals surface area contributed by atoms with Crippen LogP contribution in [0, 0.1) is 5.92 Å². The summed E-state index contributed by atoms with van der Waals surface area (Å²) in [6.45, 7) is 3.76. The molecule has 11 N–H and O–H groups in total. The molecule has 216 valence electrons. The summed E-state index contributed by atoms with van der Waals surface area (Å²) in [6, 6.07) is 4.02. The molecule has 0 saturated carbocycles. The Labute approximate surface area is 226 Å². The fourth-order valence-electron chi connectivity index (χ4n) is 3.63. The quantitative estimate of drug-likeness (QED) is 0.0645. The number of benzene rings is 1. The van der Waals surface area contributed by atoms with Crippen molar-refractivity contribution in [2.75, 3.05) is 6.54 Å². The highest BCUT2D eigenvalue weighted by atomic mass is 16.4. The van der Waals surface area contributed by atoms with Gasteiger partial charge in [-0.15, -0.1) is 0 Å². The number of hydrogen-bond donors (Lipinski definition) is 8. The Morgan fingerprint density at radius 3 is 1.97 bits per heavy atom. The predicted molar refractivity (Wildman–Crippen MR) is 143 cm³/mol. The lowest BCUT2D eigenvalue weighted by Crippen LogP contribution is -2.57. The Bertz CT molecular complexity index is 1010. The van der Waals surface area contributed by atoms with Gasteiger partial charge in [-0.25, -0.2) is 4.79 Å². The van der Waals surface area contributed by atoms with Crippen LogP contribution in [0.4, 0.5) is 0 Å². The first-order valence-corrected chi connectivity index (χ1v) is 12.5. The van der Waals surface area contributed by atoms with Gasteiger partial charge in [-0.2, -0.15) is 0 Å². The molecule has 0 fully saturated rings. The van der Waals surface area contributed by atoms with Crippen LogP contribution in [0.2, 0.25) is 0 Å². The van der Waals surface area contributed by atoms with Crippen molar-refractivity contribution in [2.45, 2.75) is 70.1 Å². The number of aliphatic imine (C=N–C) groups is 1. The normalized spacial score (nSPS) is 13.8. The fraction of sp³-hybridized carbons (Fsp3) is 0.520. The fourth-order valence-corrected chi connectivity index (χ4v) is 3.63. The molecule has 0 aliphatic rings. The second-order valence-electron chi connectivity index (χ2n) is 9.49. The van der Waals surface area contributed by atoms with E-state index >= 15 is 0 Å². The zero-order valence-electron chi connectivity index (χ0n) is 22.1. The third-order valence-corrected chi connectivity index (χ3v) is 5.55. The van der Waals surface area contributed by atoms with Crippen molar-refractivity contribution in [3.05, 3.63) is 35.9 Å². The van der Waals surface area contributed by atoms with Crippen LogP contribution in [0.25, 0.3) is 0 Å². The lowest BCUT2D eigenvalue weighted by molar-refractivity contribution is -0.143. The average molecular weight is 550 g/mol. The van der Waals surface area contributed by atoms with Gasteiger partial charge in [0.05, 0.1) is 12.5 Å². The minimum atomic E-state index is -1.60. The second-order valence-corrected chi connectivity index (χ2v) is 9.49. The van der Waals surface area contributed by atoms with Crippen molar-refractivity contribution in [1.82, 2.24) is 16.0 Å². The van der Waals surface area contributed by atoms with Gasteiger partial charge in [-0.05, 0) is 37.2 Å². The van der Waals surface area contributed by atoms with Crippen LogP contribution in [-0.4, -0.2) is 76.5 Å². The molecular weight excluding hydrogens is 510 g/mol. The molecular formula is C25H39N7O7. The first-order chi connectivity index (χ1) is 18.3. The average Bonchev–Trinajstić information content (AvgIpc) is 2.84. The number of carboxylic acids is 2. The number of nitrogens with zero attached hydrogens (tertiary/aromatic N) is 1. The molecule has 14 heteroatoms. The number of rotatable bonds is 17. The topological polar surface area (TPSA) is 252 Å². The number of nitrogens with two attached hydrogens (primary N) is 3. The number of nitrogens with one attached hydrogen (secondary N) is 3. The third kappa shape index (κ3) is 13.2. The van der Waals surface area contributed by atoms with Gasteiger partial charge in [0.25, 0.3) is 0 Å². The molecule has 3 amide bonds. The molecule has 39 heavy (non-hydrogen) atoms. The first-order valence-electron chi connectivity index (χ1n) is 12.5. The molecule has 0 bridgehead atoms. The van der Waals surface area contributed by atoms with E-state index < -0.39 is 60.2 Å². The summed E-state index contributed by atoms with van der Waals surface area (Å²) < 4.78 is 0. The summed E-state index contributed by atoms with van der Waals surface area (Å²) in [5.74, 6) is -5.37. The molecule has 0 heterocycles. The minimum Gasteiger partial charge on any atom is -0.481 e. The van der Waals surface area contributed by atoms with Crippen LogP contribution in [0.5, 0.6) is 0 Å². The molecule has 14 nitrogen and oxygen atoms in total. The Balaban J connectivity index is 2.94. The highest BCUT2D eigenvalue weighted by Gasteiger charge is 2.31. The highest BCUT2D eigenvalue weighted by molar-refractivity contribution is 5.95. The van der Waals surface area contributed by atoms with E-state index in [9.17, 15) is 34.2 Å². The van der Waals surface area contributed by atoms with Gasteiger partial charge < -0.3 is 43.4 Å². The zero-order chi connectivity index (χ0) is 29.5. The Hall–Kier alpha value is -4.20. The molecule has 0 aliphatic heterocycles. The van der Waals surface area contributed by atoms with Gasteiger partial charge in [-0.3, -0.25) is 24.2 Å². The van der Waals surface area contributed by atoms with E-state index in [1.807, 2.05) is 44.2 Å². The van der Waals surface area contributed by atoms with Crippen LogP contribution in [0.3, 0.4) is 0 Å². The summed E-state index contributed by atoms with van der Waals surface area (Å²) in [6.07, 6.45) is -0.229. The smallest absolute Gasteiger partial charge is 0.326 e. The molecule has 0 radical (unpaired) electrons. The molecule has 1 aromatic carbocycles. The Morgan fingerprint density at radius 1 is 0.872 bits per heavy atom. The van der Waals surface area contributed by atoms with E-state index in [2.05, 4.69) is 20.9 Å². The van der Waals surface area contributed by atoms with E-state index in [4.69, 9.17) is 17.2 Å². The summed E-state index contributed by atoms with van der Waals surface area (Å²) >= 11 is 0. The maximum Gasteiger partial charge on any atom is 0.326 e. The van der Waals surface area contributed by atoms with Crippen LogP contribution in [-0.2, 0) is 30.4 Å². The Kier molecular flexibility index (Phi) is 14.0. The monoisotopic (exact) mass is 549 g/mol. The van der Waals surface area contributed by atoms with Gasteiger partial charge in [0.2, 0.25) is 17.7 Å². The number of carboxylic acid groups (broad SMARTS) is 2. The number of carbonyl (C=O) groups excluding carboxylic acids is 3. The van der Waals surface area contributed by atoms with Crippen LogP contribution >= 0.6 is 0 Å². The number of guanidine groups is 1. The molecule has 0 aliphatic carbocycles. The van der Waals surface area contributed by atoms with Crippen LogP contribution in [0.15, 0.2) is 35.3 Å². The molecule has 1 rings (SSSR count). The molecule has 0 spiro atoms. The van der Waals surface area contributed by atoms with Gasteiger partial charge in [0.15, 0.2) is 5.96 Å². The summed E-state index contributed by atoms with van der Waals surface area (Å²) in [5.41, 5.74) is 17.3. The van der Waals surface area contributed by atoms with Crippen LogP contribution in [0.1, 0.15) is 45.1 Å². The lowest BCUT2D eigenvalue weighted by atomic mass is 10.0. The molecule has 4 atom stereocenters. The van der Waals surface area contributed by atoms with E-state index in [0.717, 1.165) is 5.56 Å². The maximum absolute atomic E-state index is 13.1. The number of amides is 3. The van der Waals surface area contributed by atoms with Crippen molar-refractivity contribution in [3.63, 3.8) is 0 Å². The minimum absolute atomic E-state index is 0.0447. The molecule has 4 unspecified atom stereocenters. The van der Waals surface area contributed by atoms with E-state index in [1.165, 1.54) is 0 Å². The first kappa shape index (κ1) is 32.8. The van der Waals surface area contributed by atoms with E-state index in [0.29, 0.717) is 0 Å². The summed E-state index contributed by atoms with van der Waals surface area (Å²) in [4.78, 5) is 65.4. The van der Waals surface area contributed by atoms with Crippen molar-refractivity contribution in [1.29, 1.82) is 0 Å². The van der Waals surface area contributed by atoms with Gasteiger partial charge in [-0.1, -0.05) is 44.2 Å². The SMILES string of the molecule is CC(C)CC(NC(=O)C(N)Cc1ccccc1)C(=O)NC(CC(=O)O)C(=O)NC(CCCN=C(N)N)C(=O)O.